The molecule has 2 aromatic rings. The second-order valence-corrected chi connectivity index (χ2v) is 7.42. The number of hydrogen-bond acceptors (Lipinski definition) is 3. The van der Waals surface area contributed by atoms with Gasteiger partial charge in [-0.25, -0.2) is 0 Å². The zero-order valence-corrected chi connectivity index (χ0v) is 13.6. The molecule has 23 heavy (non-hydrogen) atoms. The van der Waals surface area contributed by atoms with Crippen molar-refractivity contribution < 1.29 is 5.21 Å². The van der Waals surface area contributed by atoms with E-state index in [1.807, 2.05) is 0 Å². The van der Waals surface area contributed by atoms with E-state index in [-0.39, 0.29) is 5.41 Å². The first-order chi connectivity index (χ1) is 11.3. The Labute approximate surface area is 136 Å². The third kappa shape index (κ3) is 1.57. The molecule has 0 spiro atoms. The Hall–Kier alpha value is -1.81. The van der Waals surface area contributed by atoms with Gasteiger partial charge in [0.15, 0.2) is 5.84 Å². The lowest BCUT2D eigenvalue weighted by Gasteiger charge is -2.54. The maximum Gasteiger partial charge on any atom is 0.153 e. The highest BCUT2D eigenvalue weighted by Crippen LogP contribution is 2.56. The predicted molar refractivity (Wildman–Crippen MR) is 91.2 cm³/mol. The van der Waals surface area contributed by atoms with Gasteiger partial charge in [0, 0.05) is 24.0 Å². The molecule has 1 saturated heterocycles. The molecule has 0 unspecified atom stereocenters. The number of nitrogens with zero attached hydrogens (tertiary/aromatic N) is 3. The highest BCUT2D eigenvalue weighted by molar-refractivity contribution is 5.99. The molecule has 3 aliphatic rings. The molecule has 1 N–H and O–H groups in total. The molecule has 1 aromatic carbocycles. The molecular formula is C19H23N3O. The van der Waals surface area contributed by atoms with Gasteiger partial charge in [0.1, 0.15) is 0 Å². The number of benzene rings is 1. The molecule has 0 bridgehead atoms. The van der Waals surface area contributed by atoms with E-state index in [1.165, 1.54) is 48.1 Å². The highest BCUT2D eigenvalue weighted by Gasteiger charge is 2.52. The topological polar surface area (TPSA) is 40.8 Å². The number of aromatic nitrogens is 1. The van der Waals surface area contributed by atoms with E-state index in [1.54, 1.807) is 0 Å². The van der Waals surface area contributed by atoms with Gasteiger partial charge in [0.05, 0.1) is 11.6 Å². The second kappa shape index (κ2) is 4.60. The lowest BCUT2D eigenvalue weighted by atomic mass is 9.64. The summed E-state index contributed by atoms with van der Waals surface area (Å²) in [6.07, 6.45) is 5.64. The summed E-state index contributed by atoms with van der Waals surface area (Å²) in [6, 6.07) is 9.11. The molecule has 1 aromatic heterocycles. The van der Waals surface area contributed by atoms with Crippen molar-refractivity contribution in [2.45, 2.75) is 45.1 Å². The van der Waals surface area contributed by atoms with Crippen LogP contribution in [0, 0.1) is 5.41 Å². The van der Waals surface area contributed by atoms with Crippen molar-refractivity contribution in [2.24, 2.45) is 10.6 Å². The van der Waals surface area contributed by atoms with Crippen LogP contribution in [0.4, 0.5) is 0 Å². The summed E-state index contributed by atoms with van der Waals surface area (Å²) < 4.78 is 2.26. The smallest absolute Gasteiger partial charge is 0.153 e. The fraction of sp³-hybridized carbons (Fsp3) is 0.526. The van der Waals surface area contributed by atoms with Crippen LogP contribution >= 0.6 is 0 Å². The van der Waals surface area contributed by atoms with Gasteiger partial charge in [-0.3, -0.25) is 9.47 Å². The standard InChI is InChI=1S/C19H23N3O/c1-2-19-9-5-10-21-11-8-14-13-6-3-4-7-15(13)22(16(12-19)20-23)17(14)18(19)21/h3-4,6-7,18,23H,2,5,8-12H2,1H3/t18-,19+/m1/s1. The lowest BCUT2D eigenvalue weighted by molar-refractivity contribution is -0.00416. The van der Waals surface area contributed by atoms with Crippen LogP contribution in [0.2, 0.25) is 0 Å². The number of fused-ring (bicyclic) bond motifs is 3. The molecular weight excluding hydrogens is 286 g/mol. The first-order valence-corrected chi connectivity index (χ1v) is 8.86. The summed E-state index contributed by atoms with van der Waals surface area (Å²) in [5.74, 6) is 0.837. The Morgan fingerprint density at radius 1 is 1.30 bits per heavy atom. The summed E-state index contributed by atoms with van der Waals surface area (Å²) >= 11 is 0. The van der Waals surface area contributed by atoms with Gasteiger partial charge in [-0.15, -0.1) is 0 Å². The summed E-state index contributed by atoms with van der Waals surface area (Å²) in [6.45, 7) is 4.68. The molecule has 5 rings (SSSR count). The van der Waals surface area contributed by atoms with E-state index < -0.39 is 0 Å². The molecule has 0 aliphatic carbocycles. The molecule has 0 radical (unpaired) electrons. The van der Waals surface area contributed by atoms with Crippen molar-refractivity contribution in [1.82, 2.24) is 9.47 Å². The Balaban J connectivity index is 1.89. The van der Waals surface area contributed by atoms with Crippen molar-refractivity contribution in [2.75, 3.05) is 13.1 Å². The summed E-state index contributed by atoms with van der Waals surface area (Å²) in [4.78, 5) is 2.69. The number of piperidine rings is 1. The van der Waals surface area contributed by atoms with Gasteiger partial charge in [-0.05, 0) is 49.3 Å². The highest BCUT2D eigenvalue weighted by atomic mass is 16.4. The molecule has 0 amide bonds. The fourth-order valence-corrected chi connectivity index (χ4v) is 5.56. The lowest BCUT2D eigenvalue weighted by Crippen LogP contribution is -2.53. The average molecular weight is 309 g/mol. The maximum absolute atomic E-state index is 9.74. The quantitative estimate of drug-likeness (QED) is 0.643. The van der Waals surface area contributed by atoms with E-state index >= 15 is 0 Å². The summed E-state index contributed by atoms with van der Waals surface area (Å²) in [5, 5.41) is 14.8. The average Bonchev–Trinajstić information content (AvgIpc) is 2.95. The predicted octanol–water partition coefficient (Wildman–Crippen LogP) is 3.77. The van der Waals surface area contributed by atoms with Crippen LogP contribution in [-0.4, -0.2) is 33.6 Å². The van der Waals surface area contributed by atoms with Crippen molar-refractivity contribution in [3.63, 3.8) is 0 Å². The van der Waals surface area contributed by atoms with Crippen molar-refractivity contribution >= 4 is 16.7 Å². The van der Waals surface area contributed by atoms with Crippen LogP contribution in [-0.2, 0) is 6.42 Å². The Kier molecular flexibility index (Phi) is 2.72. The molecule has 1 fully saturated rings. The zero-order chi connectivity index (χ0) is 15.6. The minimum Gasteiger partial charge on any atom is -0.409 e. The second-order valence-electron chi connectivity index (χ2n) is 7.42. The molecule has 4 heterocycles. The van der Waals surface area contributed by atoms with Crippen LogP contribution in [0.5, 0.6) is 0 Å². The molecule has 120 valence electrons. The number of rotatable bonds is 1. The van der Waals surface area contributed by atoms with Gasteiger partial charge in [0.2, 0.25) is 0 Å². The van der Waals surface area contributed by atoms with E-state index in [0.717, 1.165) is 25.1 Å². The summed E-state index contributed by atoms with van der Waals surface area (Å²) in [7, 11) is 0. The van der Waals surface area contributed by atoms with Crippen LogP contribution in [0.3, 0.4) is 0 Å². The van der Waals surface area contributed by atoms with Crippen LogP contribution in [0.25, 0.3) is 10.9 Å². The Bertz CT molecular complexity index is 821. The monoisotopic (exact) mass is 309 g/mol. The van der Waals surface area contributed by atoms with Crippen molar-refractivity contribution in [3.05, 3.63) is 35.5 Å². The molecule has 2 atom stereocenters. The van der Waals surface area contributed by atoms with E-state index in [2.05, 4.69) is 45.8 Å². The van der Waals surface area contributed by atoms with Crippen LogP contribution in [0.15, 0.2) is 29.4 Å². The molecule has 0 saturated carbocycles. The largest absolute Gasteiger partial charge is 0.409 e. The first-order valence-electron chi connectivity index (χ1n) is 8.86. The summed E-state index contributed by atoms with van der Waals surface area (Å²) in [5.41, 5.74) is 4.35. The third-order valence-corrected chi connectivity index (χ3v) is 6.58. The number of oxime groups is 1. The zero-order valence-electron chi connectivity index (χ0n) is 13.6. The van der Waals surface area contributed by atoms with Gasteiger partial charge in [-0.1, -0.05) is 30.3 Å². The normalized spacial score (nSPS) is 31.5. The molecule has 3 aliphatic heterocycles. The van der Waals surface area contributed by atoms with Gasteiger partial charge < -0.3 is 5.21 Å². The van der Waals surface area contributed by atoms with Gasteiger partial charge in [0.25, 0.3) is 0 Å². The first kappa shape index (κ1) is 13.6. The van der Waals surface area contributed by atoms with Gasteiger partial charge in [-0.2, -0.15) is 0 Å². The van der Waals surface area contributed by atoms with Crippen LogP contribution < -0.4 is 0 Å². The van der Waals surface area contributed by atoms with E-state index in [0.29, 0.717) is 6.04 Å². The van der Waals surface area contributed by atoms with Crippen molar-refractivity contribution in [1.29, 1.82) is 0 Å². The third-order valence-electron chi connectivity index (χ3n) is 6.58. The van der Waals surface area contributed by atoms with Crippen molar-refractivity contribution in [3.8, 4) is 0 Å². The molecule has 4 nitrogen and oxygen atoms in total. The number of hydrogen-bond donors (Lipinski definition) is 1. The van der Waals surface area contributed by atoms with Gasteiger partial charge >= 0.3 is 0 Å². The van der Waals surface area contributed by atoms with E-state index in [9.17, 15) is 5.21 Å². The Morgan fingerprint density at radius 2 is 2.17 bits per heavy atom. The SMILES string of the molecule is CC[C@]12CCCN3CCc4c(n(c5ccccc45)C(=NO)C1)[C@@H]32. The Morgan fingerprint density at radius 3 is 3.00 bits per heavy atom. The molecule has 4 heteroatoms. The maximum atomic E-state index is 9.74. The fourth-order valence-electron chi connectivity index (χ4n) is 5.56. The number of para-hydroxylation sites is 1. The minimum atomic E-state index is 0.235. The minimum absolute atomic E-state index is 0.235. The van der Waals surface area contributed by atoms with E-state index in [4.69, 9.17) is 0 Å². The van der Waals surface area contributed by atoms with Crippen LogP contribution in [0.1, 0.15) is 49.9 Å².